The van der Waals surface area contributed by atoms with Crippen molar-refractivity contribution in [2.24, 2.45) is 11.3 Å². The fraction of sp³-hybridized carbons (Fsp3) is 0.611. The second-order valence-electron chi connectivity index (χ2n) is 7.00. The lowest BCUT2D eigenvalue weighted by Gasteiger charge is -2.23. The van der Waals surface area contributed by atoms with Gasteiger partial charge in [0, 0.05) is 12.1 Å². The van der Waals surface area contributed by atoms with E-state index in [-0.39, 0.29) is 5.91 Å². The van der Waals surface area contributed by atoms with Crippen LogP contribution in [0.15, 0.2) is 24.3 Å². The van der Waals surface area contributed by atoms with Crippen LogP contribution >= 0.6 is 0 Å². The van der Waals surface area contributed by atoms with Crippen LogP contribution in [-0.2, 0) is 0 Å². The summed E-state index contributed by atoms with van der Waals surface area (Å²) in [5.41, 5.74) is 1.06. The average Bonchev–Trinajstić information content (AvgIpc) is 2.41. The molecule has 0 spiro atoms. The lowest BCUT2D eigenvalue weighted by Crippen LogP contribution is -2.24. The molecule has 1 unspecified atom stereocenters. The molecule has 1 aromatic rings. The van der Waals surface area contributed by atoms with Crippen molar-refractivity contribution in [2.45, 2.75) is 47.0 Å². The van der Waals surface area contributed by atoms with Gasteiger partial charge >= 0.3 is 0 Å². The molecule has 0 aliphatic carbocycles. The summed E-state index contributed by atoms with van der Waals surface area (Å²) in [4.78, 5) is 12.0. The Morgan fingerprint density at radius 3 is 2.38 bits per heavy atom. The molecular formula is C18H29NO2. The minimum Gasteiger partial charge on any atom is -0.497 e. The number of hydrogen-bond donors (Lipinski definition) is 1. The number of nitrogens with one attached hydrogen (secondary N) is 1. The van der Waals surface area contributed by atoms with Gasteiger partial charge in [-0.3, -0.25) is 4.79 Å². The molecular weight excluding hydrogens is 262 g/mol. The van der Waals surface area contributed by atoms with E-state index in [4.69, 9.17) is 4.74 Å². The molecule has 0 bridgehead atoms. The van der Waals surface area contributed by atoms with Crippen LogP contribution in [0.1, 0.15) is 57.3 Å². The maximum Gasteiger partial charge on any atom is 0.251 e. The van der Waals surface area contributed by atoms with Gasteiger partial charge in [-0.2, -0.15) is 0 Å². The molecule has 118 valence electrons. The fourth-order valence-corrected chi connectivity index (χ4v) is 2.64. The standard InChI is InChI=1S/C18H29NO2/c1-14(13-18(2,3)4)7-6-12-19-17(20)15-8-10-16(21-5)11-9-15/h8-11,14H,6-7,12-13H2,1-5H3,(H,19,20). The quantitative estimate of drug-likeness (QED) is 0.762. The summed E-state index contributed by atoms with van der Waals surface area (Å²) in [5, 5.41) is 2.97. The summed E-state index contributed by atoms with van der Waals surface area (Å²) < 4.78 is 5.08. The number of carbonyl (C=O) groups is 1. The monoisotopic (exact) mass is 291 g/mol. The smallest absolute Gasteiger partial charge is 0.251 e. The lowest BCUT2D eigenvalue weighted by molar-refractivity contribution is 0.0952. The van der Waals surface area contributed by atoms with Crippen molar-refractivity contribution in [1.82, 2.24) is 5.32 Å². The highest BCUT2D eigenvalue weighted by Crippen LogP contribution is 2.26. The highest BCUT2D eigenvalue weighted by Gasteiger charge is 2.15. The molecule has 0 heterocycles. The zero-order valence-electron chi connectivity index (χ0n) is 14.0. The zero-order valence-corrected chi connectivity index (χ0v) is 14.0. The van der Waals surface area contributed by atoms with Crippen molar-refractivity contribution in [3.63, 3.8) is 0 Å². The second kappa shape index (κ2) is 8.06. The predicted molar refractivity (Wildman–Crippen MR) is 87.8 cm³/mol. The van der Waals surface area contributed by atoms with E-state index in [0.29, 0.717) is 16.9 Å². The van der Waals surface area contributed by atoms with Gasteiger partial charge in [0.05, 0.1) is 7.11 Å². The van der Waals surface area contributed by atoms with Crippen LogP contribution in [0.5, 0.6) is 5.75 Å². The second-order valence-corrected chi connectivity index (χ2v) is 7.00. The first-order valence-corrected chi connectivity index (χ1v) is 7.74. The Morgan fingerprint density at radius 1 is 1.24 bits per heavy atom. The Hall–Kier alpha value is -1.51. The largest absolute Gasteiger partial charge is 0.497 e. The highest BCUT2D eigenvalue weighted by atomic mass is 16.5. The fourth-order valence-electron chi connectivity index (χ4n) is 2.64. The van der Waals surface area contributed by atoms with E-state index in [0.717, 1.165) is 25.1 Å². The maximum atomic E-state index is 12.0. The number of carbonyl (C=O) groups excluding carboxylic acids is 1. The van der Waals surface area contributed by atoms with Gasteiger partial charge in [-0.05, 0) is 54.9 Å². The molecule has 1 N–H and O–H groups in total. The topological polar surface area (TPSA) is 38.3 Å². The molecule has 21 heavy (non-hydrogen) atoms. The van der Waals surface area contributed by atoms with Crippen LogP contribution in [0, 0.1) is 11.3 Å². The predicted octanol–water partition coefficient (Wildman–Crippen LogP) is 4.28. The number of amides is 1. The molecule has 0 saturated carbocycles. The Bertz CT molecular complexity index is 432. The van der Waals surface area contributed by atoms with E-state index in [2.05, 4.69) is 33.0 Å². The van der Waals surface area contributed by atoms with Crippen LogP contribution in [0.4, 0.5) is 0 Å². The average molecular weight is 291 g/mol. The molecule has 0 aliphatic rings. The third-order valence-corrected chi connectivity index (χ3v) is 3.47. The van der Waals surface area contributed by atoms with E-state index >= 15 is 0 Å². The van der Waals surface area contributed by atoms with Crippen molar-refractivity contribution < 1.29 is 9.53 Å². The van der Waals surface area contributed by atoms with Gasteiger partial charge in [0.1, 0.15) is 5.75 Å². The Kier molecular flexibility index (Phi) is 6.73. The van der Waals surface area contributed by atoms with Gasteiger partial charge in [-0.25, -0.2) is 0 Å². The molecule has 1 aromatic carbocycles. The van der Waals surface area contributed by atoms with Gasteiger partial charge in [-0.1, -0.05) is 27.7 Å². The number of ether oxygens (including phenoxy) is 1. The number of rotatable bonds is 7. The minimum absolute atomic E-state index is 0.0128. The summed E-state index contributed by atoms with van der Waals surface area (Å²) in [6.45, 7) is 9.84. The molecule has 0 radical (unpaired) electrons. The van der Waals surface area contributed by atoms with Crippen LogP contribution in [0.3, 0.4) is 0 Å². The molecule has 3 nitrogen and oxygen atoms in total. The minimum atomic E-state index is -0.0128. The summed E-state index contributed by atoms with van der Waals surface area (Å²) >= 11 is 0. The lowest BCUT2D eigenvalue weighted by atomic mass is 9.84. The number of hydrogen-bond acceptors (Lipinski definition) is 2. The Labute approximate surface area is 129 Å². The van der Waals surface area contributed by atoms with Crippen LogP contribution in [-0.4, -0.2) is 19.6 Å². The van der Waals surface area contributed by atoms with Crippen molar-refractivity contribution in [1.29, 1.82) is 0 Å². The first-order valence-electron chi connectivity index (χ1n) is 7.74. The molecule has 0 saturated heterocycles. The van der Waals surface area contributed by atoms with Crippen molar-refractivity contribution in [2.75, 3.05) is 13.7 Å². The Morgan fingerprint density at radius 2 is 1.86 bits per heavy atom. The molecule has 1 amide bonds. The summed E-state index contributed by atoms with van der Waals surface area (Å²) in [6, 6.07) is 7.19. The summed E-state index contributed by atoms with van der Waals surface area (Å²) in [7, 11) is 1.62. The highest BCUT2D eigenvalue weighted by molar-refractivity contribution is 5.94. The molecule has 3 heteroatoms. The van der Waals surface area contributed by atoms with Gasteiger partial charge in [0.25, 0.3) is 5.91 Å². The first kappa shape index (κ1) is 17.5. The van der Waals surface area contributed by atoms with E-state index in [1.54, 1.807) is 31.4 Å². The number of methoxy groups -OCH3 is 1. The Balaban J connectivity index is 2.27. The molecule has 1 rings (SSSR count). The van der Waals surface area contributed by atoms with E-state index < -0.39 is 0 Å². The number of benzene rings is 1. The van der Waals surface area contributed by atoms with Crippen LogP contribution in [0.25, 0.3) is 0 Å². The van der Waals surface area contributed by atoms with Gasteiger partial charge < -0.3 is 10.1 Å². The van der Waals surface area contributed by atoms with Gasteiger partial charge in [0.2, 0.25) is 0 Å². The molecule has 0 aromatic heterocycles. The SMILES string of the molecule is COc1ccc(C(=O)NCCCC(C)CC(C)(C)C)cc1. The zero-order chi connectivity index (χ0) is 15.9. The van der Waals surface area contributed by atoms with Crippen molar-refractivity contribution >= 4 is 5.91 Å². The van der Waals surface area contributed by atoms with Crippen molar-refractivity contribution in [3.8, 4) is 5.75 Å². The molecule has 0 aliphatic heterocycles. The van der Waals surface area contributed by atoms with Crippen molar-refractivity contribution in [3.05, 3.63) is 29.8 Å². The van der Waals surface area contributed by atoms with E-state index in [1.165, 1.54) is 6.42 Å². The van der Waals surface area contributed by atoms with Crippen LogP contribution < -0.4 is 10.1 Å². The van der Waals surface area contributed by atoms with Gasteiger partial charge in [0.15, 0.2) is 0 Å². The summed E-state index contributed by atoms with van der Waals surface area (Å²) in [6.07, 6.45) is 3.40. The van der Waals surface area contributed by atoms with Crippen LogP contribution in [0.2, 0.25) is 0 Å². The normalized spacial score (nSPS) is 12.8. The molecule has 1 atom stereocenters. The first-order chi connectivity index (χ1) is 9.81. The third-order valence-electron chi connectivity index (χ3n) is 3.47. The third kappa shape index (κ3) is 7.16. The van der Waals surface area contributed by atoms with Gasteiger partial charge in [-0.15, -0.1) is 0 Å². The molecule has 0 fully saturated rings. The van der Waals surface area contributed by atoms with E-state index in [9.17, 15) is 4.79 Å². The summed E-state index contributed by atoms with van der Waals surface area (Å²) in [5.74, 6) is 1.45. The maximum absolute atomic E-state index is 12.0. The van der Waals surface area contributed by atoms with E-state index in [1.807, 2.05) is 0 Å².